The number of carboxylic acid groups (broad SMARTS) is 1. The molecule has 0 aliphatic heterocycles. The highest BCUT2D eigenvalue weighted by atomic mass is 16.4. The Kier molecular flexibility index (Phi) is 5.54. The summed E-state index contributed by atoms with van der Waals surface area (Å²) in [6.07, 6.45) is 5.19. The van der Waals surface area contributed by atoms with Gasteiger partial charge in [0.1, 0.15) is 5.56 Å². The van der Waals surface area contributed by atoms with Crippen LogP contribution in [0.15, 0.2) is 15.8 Å². The quantitative estimate of drug-likeness (QED) is 0.782. The van der Waals surface area contributed by atoms with Gasteiger partial charge in [0.05, 0.1) is 0 Å². The van der Waals surface area contributed by atoms with E-state index in [1.165, 1.54) is 4.57 Å². The van der Waals surface area contributed by atoms with Gasteiger partial charge in [-0.3, -0.25) is 14.3 Å². The van der Waals surface area contributed by atoms with Crippen LogP contribution in [0.2, 0.25) is 0 Å². The van der Waals surface area contributed by atoms with Gasteiger partial charge in [-0.1, -0.05) is 33.1 Å². The lowest BCUT2D eigenvalue weighted by molar-refractivity contribution is 0.0693. The summed E-state index contributed by atoms with van der Waals surface area (Å²) in [7, 11) is 0. The number of hydrogen-bond donors (Lipinski definition) is 2. The van der Waals surface area contributed by atoms with Crippen LogP contribution in [0.25, 0.3) is 0 Å². The number of carboxylic acids is 1. The highest BCUT2D eigenvalue weighted by Gasteiger charge is 2.14. The minimum absolute atomic E-state index is 0.310. The first-order valence-corrected chi connectivity index (χ1v) is 6.56. The molecule has 0 fully saturated rings. The van der Waals surface area contributed by atoms with Gasteiger partial charge in [-0.05, 0) is 12.3 Å². The van der Waals surface area contributed by atoms with E-state index in [1.54, 1.807) is 0 Å². The summed E-state index contributed by atoms with van der Waals surface area (Å²) in [5.41, 5.74) is -1.80. The number of hydrogen-bond acceptors (Lipinski definition) is 3. The van der Waals surface area contributed by atoms with Crippen LogP contribution in [0.3, 0.4) is 0 Å². The Morgan fingerprint density at radius 2 is 2.11 bits per heavy atom. The molecule has 19 heavy (non-hydrogen) atoms. The molecule has 0 aliphatic carbocycles. The molecule has 0 saturated carbocycles. The lowest BCUT2D eigenvalue weighted by atomic mass is 9.99. The molecule has 6 nitrogen and oxygen atoms in total. The molecule has 6 heteroatoms. The highest BCUT2D eigenvalue weighted by molar-refractivity contribution is 5.86. The van der Waals surface area contributed by atoms with Gasteiger partial charge in [0.2, 0.25) is 0 Å². The van der Waals surface area contributed by atoms with E-state index in [1.807, 2.05) is 11.9 Å². The minimum atomic E-state index is -1.32. The number of nitrogens with one attached hydrogen (secondary N) is 1. The maximum Gasteiger partial charge on any atom is 0.342 e. The van der Waals surface area contributed by atoms with Crippen molar-refractivity contribution >= 4 is 5.97 Å². The van der Waals surface area contributed by atoms with E-state index in [9.17, 15) is 14.4 Å². The summed E-state index contributed by atoms with van der Waals surface area (Å²) < 4.78 is 1.29. The molecular formula is C13H20N2O4. The summed E-state index contributed by atoms with van der Waals surface area (Å²) in [6.45, 7) is 4.57. The molecule has 2 N–H and O–H groups in total. The molecule has 0 aliphatic rings. The first kappa shape index (κ1) is 15.2. The molecule has 0 aromatic carbocycles. The number of aromatic amines is 1. The van der Waals surface area contributed by atoms with Crippen LogP contribution in [0.4, 0.5) is 0 Å². The van der Waals surface area contributed by atoms with Crippen LogP contribution in [0, 0.1) is 5.92 Å². The van der Waals surface area contributed by atoms with Crippen molar-refractivity contribution in [1.82, 2.24) is 9.55 Å². The number of rotatable bonds is 7. The van der Waals surface area contributed by atoms with E-state index >= 15 is 0 Å². The Morgan fingerprint density at radius 1 is 1.42 bits per heavy atom. The summed E-state index contributed by atoms with van der Waals surface area (Å²) in [5.74, 6) is -1.01. The third kappa shape index (κ3) is 4.08. The van der Waals surface area contributed by atoms with E-state index in [4.69, 9.17) is 5.11 Å². The van der Waals surface area contributed by atoms with Crippen LogP contribution >= 0.6 is 0 Å². The molecule has 1 rings (SSSR count). The van der Waals surface area contributed by atoms with Gasteiger partial charge in [0, 0.05) is 12.7 Å². The summed E-state index contributed by atoms with van der Waals surface area (Å²) in [6, 6.07) is 0. The minimum Gasteiger partial charge on any atom is -0.477 e. The third-order valence-corrected chi connectivity index (χ3v) is 3.24. The molecule has 0 spiro atoms. The van der Waals surface area contributed by atoms with Crippen molar-refractivity contribution in [2.75, 3.05) is 0 Å². The standard InChI is InChI=1S/C13H20N2O4/c1-3-5-6-9(4-2)7-15-8-10(12(17)18)11(16)14-13(15)19/h8-9H,3-7H2,1-2H3,(H,17,18)(H,14,16,19). The topological polar surface area (TPSA) is 92.2 Å². The number of unbranched alkanes of at least 4 members (excludes halogenated alkanes) is 1. The highest BCUT2D eigenvalue weighted by Crippen LogP contribution is 2.14. The summed E-state index contributed by atoms with van der Waals surface area (Å²) in [5, 5.41) is 8.88. The van der Waals surface area contributed by atoms with Gasteiger partial charge < -0.3 is 5.11 Å². The van der Waals surface area contributed by atoms with Crippen molar-refractivity contribution in [2.24, 2.45) is 5.92 Å². The second-order valence-corrected chi connectivity index (χ2v) is 4.68. The van der Waals surface area contributed by atoms with Crippen LogP contribution in [0.1, 0.15) is 49.9 Å². The fourth-order valence-electron chi connectivity index (χ4n) is 1.99. The average Bonchev–Trinajstić information content (AvgIpc) is 2.36. The van der Waals surface area contributed by atoms with E-state index < -0.39 is 22.8 Å². The molecule has 1 aromatic rings. The van der Waals surface area contributed by atoms with Crippen molar-refractivity contribution in [1.29, 1.82) is 0 Å². The predicted octanol–water partition coefficient (Wildman–Crippen LogP) is 1.45. The number of aromatic nitrogens is 2. The number of carbonyl (C=O) groups is 1. The smallest absolute Gasteiger partial charge is 0.342 e. The molecule has 0 amide bonds. The molecule has 1 heterocycles. The van der Waals surface area contributed by atoms with Crippen LogP contribution < -0.4 is 11.2 Å². The first-order chi connectivity index (χ1) is 8.99. The fourth-order valence-corrected chi connectivity index (χ4v) is 1.99. The van der Waals surface area contributed by atoms with E-state index in [0.717, 1.165) is 31.9 Å². The Morgan fingerprint density at radius 3 is 2.63 bits per heavy atom. The van der Waals surface area contributed by atoms with Crippen molar-refractivity contribution in [3.63, 3.8) is 0 Å². The second kappa shape index (κ2) is 6.92. The van der Waals surface area contributed by atoms with Gasteiger partial charge in [0.25, 0.3) is 5.56 Å². The van der Waals surface area contributed by atoms with Gasteiger partial charge >= 0.3 is 11.7 Å². The molecule has 106 valence electrons. The van der Waals surface area contributed by atoms with Crippen LogP contribution in [-0.4, -0.2) is 20.6 Å². The van der Waals surface area contributed by atoms with Gasteiger partial charge in [0.15, 0.2) is 0 Å². The summed E-state index contributed by atoms with van der Waals surface area (Å²) in [4.78, 5) is 35.9. The largest absolute Gasteiger partial charge is 0.477 e. The van der Waals surface area contributed by atoms with E-state index in [2.05, 4.69) is 6.92 Å². The number of H-pyrrole nitrogens is 1. The zero-order valence-corrected chi connectivity index (χ0v) is 11.3. The van der Waals surface area contributed by atoms with Crippen molar-refractivity contribution < 1.29 is 9.90 Å². The Hall–Kier alpha value is -1.85. The second-order valence-electron chi connectivity index (χ2n) is 4.68. The molecule has 0 bridgehead atoms. The first-order valence-electron chi connectivity index (χ1n) is 6.56. The van der Waals surface area contributed by atoms with Gasteiger partial charge in [-0.15, -0.1) is 0 Å². The SMILES string of the molecule is CCCCC(CC)Cn1cc(C(=O)O)c(=O)[nH]c1=O. The molecular weight excluding hydrogens is 248 g/mol. The van der Waals surface area contributed by atoms with E-state index in [-0.39, 0.29) is 0 Å². The van der Waals surface area contributed by atoms with Crippen LogP contribution in [-0.2, 0) is 6.54 Å². The Bertz CT molecular complexity index is 544. The number of nitrogens with zero attached hydrogens (tertiary/aromatic N) is 1. The zero-order chi connectivity index (χ0) is 14.4. The third-order valence-electron chi connectivity index (χ3n) is 3.24. The lowest BCUT2D eigenvalue weighted by Gasteiger charge is -2.15. The maximum absolute atomic E-state index is 11.7. The van der Waals surface area contributed by atoms with Crippen LogP contribution in [0.5, 0.6) is 0 Å². The normalized spacial score (nSPS) is 12.3. The lowest BCUT2D eigenvalue weighted by Crippen LogP contribution is -2.34. The van der Waals surface area contributed by atoms with Gasteiger partial charge in [-0.25, -0.2) is 9.59 Å². The Labute approximate surface area is 111 Å². The molecule has 0 radical (unpaired) electrons. The Balaban J connectivity index is 3.00. The van der Waals surface area contributed by atoms with Gasteiger partial charge in [-0.2, -0.15) is 0 Å². The molecule has 0 saturated heterocycles. The fraction of sp³-hybridized carbons (Fsp3) is 0.615. The average molecular weight is 268 g/mol. The van der Waals surface area contributed by atoms with E-state index in [0.29, 0.717) is 12.5 Å². The molecule has 1 aromatic heterocycles. The molecule has 1 atom stereocenters. The predicted molar refractivity (Wildman–Crippen MR) is 71.6 cm³/mol. The molecule has 1 unspecified atom stereocenters. The maximum atomic E-state index is 11.7. The number of aromatic carboxylic acids is 1. The zero-order valence-electron chi connectivity index (χ0n) is 11.3. The van der Waals surface area contributed by atoms with Crippen molar-refractivity contribution in [3.8, 4) is 0 Å². The van der Waals surface area contributed by atoms with Crippen molar-refractivity contribution in [3.05, 3.63) is 32.6 Å². The van der Waals surface area contributed by atoms with Crippen molar-refractivity contribution in [2.45, 2.75) is 46.1 Å². The summed E-state index contributed by atoms with van der Waals surface area (Å²) >= 11 is 0. The monoisotopic (exact) mass is 268 g/mol.